The zero-order chi connectivity index (χ0) is 14.5. The van der Waals surface area contributed by atoms with E-state index in [0.717, 1.165) is 25.9 Å². The fourth-order valence-corrected chi connectivity index (χ4v) is 2.48. The van der Waals surface area contributed by atoms with Gasteiger partial charge in [-0.15, -0.1) is 0 Å². The largest absolute Gasteiger partial charge is 0.356 e. The first-order valence-corrected chi connectivity index (χ1v) is 7.96. The smallest absolute Gasteiger partial charge is 0.323 e. The summed E-state index contributed by atoms with van der Waals surface area (Å²) in [5, 5.41) is 6.80. The van der Waals surface area contributed by atoms with Crippen LogP contribution in [-0.2, 0) is 0 Å². The summed E-state index contributed by atoms with van der Waals surface area (Å²) < 4.78 is 0. The van der Waals surface area contributed by atoms with Gasteiger partial charge in [-0.25, -0.2) is 4.79 Å². The van der Waals surface area contributed by atoms with Gasteiger partial charge in [0, 0.05) is 18.6 Å². The van der Waals surface area contributed by atoms with Gasteiger partial charge in [0.05, 0.1) is 0 Å². The SMILES string of the molecule is CSC(=NC(=S)NC(C)(C)C)NC(=O)N1CCCC1. The zero-order valence-corrected chi connectivity index (χ0v) is 13.6. The lowest BCUT2D eigenvalue weighted by Gasteiger charge is -2.21. The zero-order valence-electron chi connectivity index (χ0n) is 11.9. The number of thiocarbonyl (C=S) groups is 1. The Labute approximate surface area is 124 Å². The molecule has 1 saturated heterocycles. The van der Waals surface area contributed by atoms with Crippen molar-refractivity contribution in [2.75, 3.05) is 19.3 Å². The first kappa shape index (κ1) is 16.2. The standard InChI is InChI=1S/C12H22N4OS2/c1-12(2,3)15-9(18)13-10(19-4)14-11(17)16-7-5-6-8-16/h5-8H2,1-4H3,(H2,13,14,15,17,18). The summed E-state index contributed by atoms with van der Waals surface area (Å²) in [5.74, 6) is 0. The van der Waals surface area contributed by atoms with Crippen LogP contribution in [0.2, 0.25) is 0 Å². The molecule has 0 bridgehead atoms. The number of amidine groups is 1. The van der Waals surface area contributed by atoms with Crippen molar-refractivity contribution in [3.63, 3.8) is 0 Å². The molecule has 0 aromatic heterocycles. The van der Waals surface area contributed by atoms with Crippen molar-refractivity contribution in [1.82, 2.24) is 15.5 Å². The van der Waals surface area contributed by atoms with Crippen molar-refractivity contribution in [3.05, 3.63) is 0 Å². The number of nitrogens with zero attached hydrogens (tertiary/aromatic N) is 2. The highest BCUT2D eigenvalue weighted by atomic mass is 32.2. The van der Waals surface area contributed by atoms with Crippen molar-refractivity contribution in [2.24, 2.45) is 4.99 Å². The average Bonchev–Trinajstić information content (AvgIpc) is 2.78. The summed E-state index contributed by atoms with van der Waals surface area (Å²) in [4.78, 5) is 18.0. The van der Waals surface area contributed by atoms with E-state index in [1.807, 2.05) is 27.0 Å². The lowest BCUT2D eigenvalue weighted by molar-refractivity contribution is 0.214. The van der Waals surface area contributed by atoms with Gasteiger partial charge in [0.1, 0.15) is 0 Å². The summed E-state index contributed by atoms with van der Waals surface area (Å²) in [7, 11) is 0. The van der Waals surface area contributed by atoms with Gasteiger partial charge in [-0.2, -0.15) is 4.99 Å². The van der Waals surface area contributed by atoms with Crippen molar-refractivity contribution < 1.29 is 4.79 Å². The minimum Gasteiger partial charge on any atom is -0.356 e. The maximum absolute atomic E-state index is 11.9. The summed E-state index contributed by atoms with van der Waals surface area (Å²) in [5.41, 5.74) is -0.136. The minimum atomic E-state index is -0.136. The van der Waals surface area contributed by atoms with Crippen LogP contribution in [0.25, 0.3) is 0 Å². The van der Waals surface area contributed by atoms with Gasteiger partial charge in [-0.1, -0.05) is 11.8 Å². The van der Waals surface area contributed by atoms with E-state index < -0.39 is 0 Å². The molecule has 2 N–H and O–H groups in total. The van der Waals surface area contributed by atoms with Crippen LogP contribution >= 0.6 is 24.0 Å². The van der Waals surface area contributed by atoms with E-state index >= 15 is 0 Å². The Balaban J connectivity index is 2.56. The molecule has 0 saturated carbocycles. The first-order valence-electron chi connectivity index (χ1n) is 6.32. The molecule has 0 aromatic carbocycles. The molecule has 1 aliphatic rings. The normalized spacial score (nSPS) is 16.4. The van der Waals surface area contributed by atoms with Crippen LogP contribution in [0.15, 0.2) is 4.99 Å². The number of aliphatic imine (C=N–C) groups is 1. The van der Waals surface area contributed by atoms with Gasteiger partial charge in [-0.05, 0) is 52.1 Å². The monoisotopic (exact) mass is 302 g/mol. The molecule has 1 fully saturated rings. The van der Waals surface area contributed by atoms with E-state index in [9.17, 15) is 4.79 Å². The van der Waals surface area contributed by atoms with E-state index in [1.165, 1.54) is 11.8 Å². The Bertz CT molecular complexity index is 370. The Hall–Kier alpha value is -0.820. The van der Waals surface area contributed by atoms with Crippen LogP contribution in [0.4, 0.5) is 4.79 Å². The second-order valence-corrected chi connectivity index (χ2v) is 6.61. The van der Waals surface area contributed by atoms with Crippen LogP contribution in [0.3, 0.4) is 0 Å². The van der Waals surface area contributed by atoms with E-state index in [1.54, 1.807) is 4.90 Å². The number of carbonyl (C=O) groups excluding carboxylic acids is 1. The predicted molar refractivity (Wildman–Crippen MR) is 85.8 cm³/mol. The third-order valence-corrected chi connectivity index (χ3v) is 3.26. The first-order chi connectivity index (χ1) is 8.81. The molecule has 2 amide bonds. The van der Waals surface area contributed by atoms with Crippen LogP contribution in [0, 0.1) is 0 Å². The lowest BCUT2D eigenvalue weighted by atomic mass is 10.1. The second kappa shape index (κ2) is 7.09. The lowest BCUT2D eigenvalue weighted by Crippen LogP contribution is -2.42. The maximum atomic E-state index is 11.9. The van der Waals surface area contributed by atoms with Crippen LogP contribution in [-0.4, -0.2) is 46.1 Å². The molecule has 1 aliphatic heterocycles. The number of rotatable bonds is 0. The van der Waals surface area contributed by atoms with Crippen molar-refractivity contribution in [2.45, 2.75) is 39.2 Å². The molecular weight excluding hydrogens is 280 g/mol. The number of thioether (sulfide) groups is 1. The minimum absolute atomic E-state index is 0.0934. The Kier molecular flexibility index (Phi) is 6.06. The van der Waals surface area contributed by atoms with E-state index in [4.69, 9.17) is 12.2 Å². The van der Waals surface area contributed by atoms with Crippen molar-refractivity contribution in [3.8, 4) is 0 Å². The van der Waals surface area contributed by atoms with Crippen molar-refractivity contribution in [1.29, 1.82) is 0 Å². The number of amides is 2. The highest BCUT2D eigenvalue weighted by molar-refractivity contribution is 8.13. The third-order valence-electron chi connectivity index (χ3n) is 2.49. The van der Waals surface area contributed by atoms with E-state index in [-0.39, 0.29) is 11.6 Å². The molecule has 0 unspecified atom stereocenters. The highest BCUT2D eigenvalue weighted by Crippen LogP contribution is 2.08. The number of hydrogen-bond donors (Lipinski definition) is 2. The molecule has 0 spiro atoms. The summed E-state index contributed by atoms with van der Waals surface area (Å²) in [6.45, 7) is 7.67. The number of nitrogens with one attached hydrogen (secondary N) is 2. The summed E-state index contributed by atoms with van der Waals surface area (Å²) >= 11 is 6.53. The van der Waals surface area contributed by atoms with Crippen molar-refractivity contribution >= 4 is 40.3 Å². The molecule has 5 nitrogen and oxygen atoms in total. The van der Waals surface area contributed by atoms with Crippen LogP contribution in [0.5, 0.6) is 0 Å². The van der Waals surface area contributed by atoms with E-state index in [0.29, 0.717) is 10.3 Å². The van der Waals surface area contributed by atoms with Gasteiger partial charge >= 0.3 is 6.03 Å². The van der Waals surface area contributed by atoms with Crippen LogP contribution in [0.1, 0.15) is 33.6 Å². The molecule has 0 aromatic rings. The van der Waals surface area contributed by atoms with Gasteiger partial charge in [0.2, 0.25) is 0 Å². The van der Waals surface area contributed by atoms with Gasteiger partial charge in [-0.3, -0.25) is 5.32 Å². The Morgan fingerprint density at radius 2 is 1.89 bits per heavy atom. The molecule has 1 heterocycles. The highest BCUT2D eigenvalue weighted by Gasteiger charge is 2.19. The molecule has 0 radical (unpaired) electrons. The summed E-state index contributed by atoms with van der Waals surface area (Å²) in [6, 6.07) is -0.0934. The number of likely N-dealkylation sites (tertiary alicyclic amines) is 1. The fourth-order valence-electron chi connectivity index (χ4n) is 1.66. The quantitative estimate of drug-likeness (QED) is 0.409. The van der Waals surface area contributed by atoms with Gasteiger partial charge in [0.25, 0.3) is 0 Å². The molecule has 108 valence electrons. The Morgan fingerprint density at radius 3 is 2.37 bits per heavy atom. The molecule has 7 heteroatoms. The molecule has 0 atom stereocenters. The average molecular weight is 302 g/mol. The molecule has 19 heavy (non-hydrogen) atoms. The van der Waals surface area contributed by atoms with Gasteiger partial charge < -0.3 is 10.2 Å². The topological polar surface area (TPSA) is 56.7 Å². The fraction of sp³-hybridized carbons (Fsp3) is 0.750. The van der Waals surface area contributed by atoms with Gasteiger partial charge in [0.15, 0.2) is 10.3 Å². The molecule has 0 aliphatic carbocycles. The second-order valence-electron chi connectivity index (χ2n) is 5.43. The third kappa shape index (κ3) is 6.24. The summed E-state index contributed by atoms with van der Waals surface area (Å²) in [6.07, 6.45) is 4.01. The number of urea groups is 1. The number of carbonyl (C=O) groups is 1. The maximum Gasteiger partial charge on any atom is 0.323 e. The Morgan fingerprint density at radius 1 is 1.32 bits per heavy atom. The number of hydrogen-bond acceptors (Lipinski definition) is 3. The van der Waals surface area contributed by atoms with E-state index in [2.05, 4.69) is 15.6 Å². The van der Waals surface area contributed by atoms with Crippen LogP contribution < -0.4 is 10.6 Å². The molecule has 1 rings (SSSR count). The molecular formula is C12H22N4OS2. The predicted octanol–water partition coefficient (Wildman–Crippen LogP) is 2.18.